The van der Waals surface area contributed by atoms with Crippen LogP contribution in [0.25, 0.3) is 0 Å². The molecule has 0 amide bonds. The number of carbonyl (C=O) groups is 2. The van der Waals surface area contributed by atoms with E-state index in [1.54, 1.807) is 62.8 Å². The maximum Gasteiger partial charge on any atom is 0.233 e. The summed E-state index contributed by atoms with van der Waals surface area (Å²) in [5, 5.41) is 0. The van der Waals surface area contributed by atoms with Crippen LogP contribution in [-0.4, -0.2) is 25.8 Å². The van der Waals surface area contributed by atoms with Crippen LogP contribution >= 0.6 is 0 Å². The minimum absolute atomic E-state index is 0.427. The first-order valence-electron chi connectivity index (χ1n) is 5.80. The molecule has 0 heterocycles. The van der Waals surface area contributed by atoms with E-state index in [1.807, 2.05) is 12.1 Å². The molecule has 0 N–H and O–H groups in total. The third-order valence-corrected chi connectivity index (χ3v) is 2.28. The summed E-state index contributed by atoms with van der Waals surface area (Å²) < 4.78 is 4.25. The van der Waals surface area contributed by atoms with Crippen LogP contribution in [0.1, 0.15) is 20.7 Å². The number of hydrogen-bond acceptors (Lipinski definition) is 3. The van der Waals surface area contributed by atoms with Crippen molar-refractivity contribution in [3.05, 3.63) is 71.8 Å². The lowest BCUT2D eigenvalue weighted by atomic mass is 10.0. The van der Waals surface area contributed by atoms with Gasteiger partial charge in [-0.25, -0.2) is 0 Å². The van der Waals surface area contributed by atoms with E-state index < -0.39 is 11.6 Å². The van der Waals surface area contributed by atoms with Crippen molar-refractivity contribution in [2.75, 3.05) is 14.2 Å². The van der Waals surface area contributed by atoms with Gasteiger partial charge in [-0.15, -0.1) is 0 Å². The zero-order valence-electron chi connectivity index (χ0n) is 11.0. The first-order chi connectivity index (χ1) is 9.20. The average Bonchev–Trinajstić information content (AvgIpc) is 2.48. The molecule has 0 unspecified atom stereocenters. The summed E-state index contributed by atoms with van der Waals surface area (Å²) in [7, 11) is 3.25. The highest BCUT2D eigenvalue weighted by Gasteiger charge is 2.16. The Balaban J connectivity index is 0.000000550. The van der Waals surface area contributed by atoms with E-state index >= 15 is 0 Å². The fourth-order valence-electron chi connectivity index (χ4n) is 1.44. The highest BCUT2D eigenvalue weighted by Crippen LogP contribution is 2.07. The zero-order chi connectivity index (χ0) is 14.1. The molecule has 0 bridgehead atoms. The first-order valence-corrected chi connectivity index (χ1v) is 5.80. The molecule has 0 aliphatic rings. The highest BCUT2D eigenvalue weighted by atomic mass is 16.4. The molecule has 0 fully saturated rings. The third kappa shape index (κ3) is 4.48. The van der Waals surface area contributed by atoms with Crippen LogP contribution in [0.4, 0.5) is 0 Å². The maximum atomic E-state index is 11.8. The molecule has 0 spiro atoms. The number of methoxy groups -OCH3 is 1. The van der Waals surface area contributed by atoms with E-state index in [0.717, 1.165) is 0 Å². The molecule has 0 saturated carbocycles. The lowest BCUT2D eigenvalue weighted by Crippen LogP contribution is -2.14. The molecular formula is C16H16O3. The summed E-state index contributed by atoms with van der Waals surface area (Å²) >= 11 is 0. The van der Waals surface area contributed by atoms with Gasteiger partial charge in [0, 0.05) is 25.3 Å². The van der Waals surface area contributed by atoms with Gasteiger partial charge in [-0.1, -0.05) is 60.7 Å². The van der Waals surface area contributed by atoms with Gasteiger partial charge in [-0.2, -0.15) is 0 Å². The van der Waals surface area contributed by atoms with Crippen molar-refractivity contribution in [2.24, 2.45) is 0 Å². The largest absolute Gasteiger partial charge is 0.388 e. The van der Waals surface area contributed by atoms with Crippen LogP contribution in [-0.2, 0) is 4.74 Å². The summed E-state index contributed by atoms with van der Waals surface area (Å²) in [5.41, 5.74) is 0.854. The topological polar surface area (TPSA) is 43.4 Å². The smallest absolute Gasteiger partial charge is 0.233 e. The quantitative estimate of drug-likeness (QED) is 0.626. The maximum absolute atomic E-state index is 11.8. The van der Waals surface area contributed by atoms with Gasteiger partial charge in [-0.3, -0.25) is 9.59 Å². The highest BCUT2D eigenvalue weighted by molar-refractivity contribution is 6.49. The molecule has 0 atom stereocenters. The monoisotopic (exact) mass is 256 g/mol. The van der Waals surface area contributed by atoms with Gasteiger partial charge in [0.1, 0.15) is 0 Å². The van der Waals surface area contributed by atoms with Crippen LogP contribution < -0.4 is 0 Å². The standard InChI is InChI=1S/C14H10O2.C2H6O/c15-13(11-7-3-1-4-8-11)14(16)12-9-5-2-6-10-12;1-3-2/h1-10H;1-2H3. The second-order valence-corrected chi connectivity index (χ2v) is 3.80. The fourth-order valence-corrected chi connectivity index (χ4v) is 1.44. The van der Waals surface area contributed by atoms with E-state index in [-0.39, 0.29) is 0 Å². The molecule has 98 valence electrons. The number of hydrogen-bond donors (Lipinski definition) is 0. The van der Waals surface area contributed by atoms with Gasteiger partial charge in [0.25, 0.3) is 0 Å². The molecule has 3 heteroatoms. The van der Waals surface area contributed by atoms with Crippen molar-refractivity contribution in [3.63, 3.8) is 0 Å². The lowest BCUT2D eigenvalue weighted by molar-refractivity contribution is 0.0817. The summed E-state index contributed by atoms with van der Waals surface area (Å²) in [4.78, 5) is 23.6. The zero-order valence-corrected chi connectivity index (χ0v) is 11.0. The number of ketones is 2. The SMILES string of the molecule is COC.O=C(C(=O)c1ccccc1)c1ccccc1. The van der Waals surface area contributed by atoms with Gasteiger partial charge < -0.3 is 4.74 Å². The van der Waals surface area contributed by atoms with Gasteiger partial charge >= 0.3 is 0 Å². The molecule has 0 aliphatic heterocycles. The summed E-state index contributed by atoms with van der Waals surface area (Å²) in [5.74, 6) is -0.932. The number of rotatable bonds is 3. The first kappa shape index (κ1) is 14.8. The predicted molar refractivity (Wildman–Crippen MR) is 74.5 cm³/mol. The van der Waals surface area contributed by atoms with E-state index in [1.165, 1.54) is 0 Å². The molecule has 19 heavy (non-hydrogen) atoms. The molecule has 2 rings (SSSR count). The van der Waals surface area contributed by atoms with E-state index in [4.69, 9.17) is 0 Å². The summed E-state index contributed by atoms with van der Waals surface area (Å²) in [6.07, 6.45) is 0. The fraction of sp³-hybridized carbons (Fsp3) is 0.125. The van der Waals surface area contributed by atoms with Crippen molar-refractivity contribution in [1.82, 2.24) is 0 Å². The third-order valence-electron chi connectivity index (χ3n) is 2.28. The van der Waals surface area contributed by atoms with E-state index in [2.05, 4.69) is 4.74 Å². The molecule has 2 aromatic carbocycles. The Bertz CT molecular complexity index is 469. The number of benzene rings is 2. The Labute approximate surface area is 112 Å². The van der Waals surface area contributed by atoms with Gasteiger partial charge in [-0.05, 0) is 0 Å². The molecule has 0 radical (unpaired) electrons. The molecular weight excluding hydrogens is 240 g/mol. The van der Waals surface area contributed by atoms with Gasteiger partial charge in [0.2, 0.25) is 11.6 Å². The Morgan fingerprint density at radius 2 is 0.947 bits per heavy atom. The Morgan fingerprint density at radius 3 is 1.21 bits per heavy atom. The Kier molecular flexibility index (Phi) is 6.19. The second-order valence-electron chi connectivity index (χ2n) is 3.80. The average molecular weight is 256 g/mol. The van der Waals surface area contributed by atoms with Gasteiger partial charge in [0.15, 0.2) is 0 Å². The number of Topliss-reactive ketones (excluding diaryl/α,β-unsaturated/α-hetero) is 2. The predicted octanol–water partition coefficient (Wildman–Crippen LogP) is 3.01. The molecule has 0 aromatic heterocycles. The normalized spacial score (nSPS) is 9.16. The van der Waals surface area contributed by atoms with E-state index in [9.17, 15) is 9.59 Å². The van der Waals surface area contributed by atoms with Crippen LogP contribution in [0.2, 0.25) is 0 Å². The van der Waals surface area contributed by atoms with Crippen molar-refractivity contribution in [3.8, 4) is 0 Å². The van der Waals surface area contributed by atoms with Crippen molar-refractivity contribution < 1.29 is 14.3 Å². The van der Waals surface area contributed by atoms with Crippen LogP contribution in [0.5, 0.6) is 0 Å². The summed E-state index contributed by atoms with van der Waals surface area (Å²) in [6, 6.07) is 17.2. The van der Waals surface area contributed by atoms with Crippen LogP contribution in [0.3, 0.4) is 0 Å². The van der Waals surface area contributed by atoms with Crippen LogP contribution in [0, 0.1) is 0 Å². The van der Waals surface area contributed by atoms with Gasteiger partial charge in [0.05, 0.1) is 0 Å². The van der Waals surface area contributed by atoms with Crippen LogP contribution in [0.15, 0.2) is 60.7 Å². The number of ether oxygens (including phenoxy) is 1. The minimum atomic E-state index is -0.466. The molecule has 2 aromatic rings. The molecule has 0 aliphatic carbocycles. The van der Waals surface area contributed by atoms with Crippen molar-refractivity contribution in [2.45, 2.75) is 0 Å². The second kappa shape index (κ2) is 7.95. The molecule has 3 nitrogen and oxygen atoms in total. The molecule has 0 saturated heterocycles. The summed E-state index contributed by atoms with van der Waals surface area (Å²) in [6.45, 7) is 0. The minimum Gasteiger partial charge on any atom is -0.388 e. The number of carbonyl (C=O) groups excluding carboxylic acids is 2. The Morgan fingerprint density at radius 1 is 0.684 bits per heavy atom. The Hall–Kier alpha value is -2.26. The van der Waals surface area contributed by atoms with E-state index in [0.29, 0.717) is 11.1 Å². The lowest BCUT2D eigenvalue weighted by Gasteiger charge is -1.99. The van der Waals surface area contributed by atoms with Crippen molar-refractivity contribution >= 4 is 11.6 Å². The van der Waals surface area contributed by atoms with Crippen molar-refractivity contribution in [1.29, 1.82) is 0 Å².